The van der Waals surface area contributed by atoms with Crippen LogP contribution in [0.15, 0.2) is 53.0 Å². The van der Waals surface area contributed by atoms with Crippen molar-refractivity contribution in [2.45, 2.75) is 19.4 Å². The summed E-state index contributed by atoms with van der Waals surface area (Å²) in [7, 11) is 1.64. The van der Waals surface area contributed by atoms with Gasteiger partial charge in [-0.25, -0.2) is 0 Å². The van der Waals surface area contributed by atoms with Crippen LogP contribution in [-0.4, -0.2) is 13.0 Å². The molecule has 0 saturated heterocycles. The van der Waals surface area contributed by atoms with E-state index in [1.54, 1.807) is 7.11 Å². The first-order valence-electron chi connectivity index (χ1n) is 6.76. The Morgan fingerprint density at radius 3 is 2.57 bits per heavy atom. The van der Waals surface area contributed by atoms with Crippen LogP contribution in [0.2, 0.25) is 0 Å². The van der Waals surface area contributed by atoms with Crippen molar-refractivity contribution in [2.24, 2.45) is 0 Å². The molecule has 0 bridgehead atoms. The third-order valence-electron chi connectivity index (χ3n) is 3.25. The minimum atomic E-state index is -0.0319. The Kier molecular flexibility index (Phi) is 5.39. The van der Waals surface area contributed by atoms with Crippen molar-refractivity contribution in [1.29, 1.82) is 0 Å². The molecule has 0 fully saturated rings. The van der Waals surface area contributed by atoms with Gasteiger partial charge in [0.25, 0.3) is 0 Å². The summed E-state index contributed by atoms with van der Waals surface area (Å²) in [6.45, 7) is 1.97. The number of nitrogens with one attached hydrogen (secondary N) is 1. The summed E-state index contributed by atoms with van der Waals surface area (Å²) in [4.78, 5) is 12.1. The van der Waals surface area contributed by atoms with Crippen LogP contribution in [0.5, 0.6) is 5.75 Å². The SMILES string of the molecule is COc1ccc([C@H](C)NC(=O)Cc2cccc(Br)c2)cc1. The molecule has 0 aliphatic rings. The number of methoxy groups -OCH3 is 1. The predicted molar refractivity (Wildman–Crippen MR) is 87.4 cm³/mol. The quantitative estimate of drug-likeness (QED) is 0.891. The van der Waals surface area contributed by atoms with Crippen LogP contribution < -0.4 is 10.1 Å². The molecule has 0 radical (unpaired) electrons. The van der Waals surface area contributed by atoms with Crippen LogP contribution in [0.25, 0.3) is 0 Å². The van der Waals surface area contributed by atoms with Gasteiger partial charge < -0.3 is 10.1 Å². The van der Waals surface area contributed by atoms with Crippen molar-refractivity contribution in [1.82, 2.24) is 5.32 Å². The Bertz CT molecular complexity index is 610. The fraction of sp³-hybridized carbons (Fsp3) is 0.235. The van der Waals surface area contributed by atoms with E-state index in [1.807, 2.05) is 55.5 Å². The molecule has 0 aromatic heterocycles. The molecule has 0 aliphatic carbocycles. The molecule has 110 valence electrons. The average Bonchev–Trinajstić information content (AvgIpc) is 2.47. The molecule has 1 atom stereocenters. The van der Waals surface area contributed by atoms with Gasteiger partial charge in [-0.1, -0.05) is 40.2 Å². The minimum absolute atomic E-state index is 0.0106. The molecule has 0 heterocycles. The number of carbonyl (C=O) groups is 1. The van der Waals surface area contributed by atoms with Crippen LogP contribution >= 0.6 is 15.9 Å². The first kappa shape index (κ1) is 15.6. The third kappa shape index (κ3) is 4.60. The standard InChI is InChI=1S/C17H18BrNO2/c1-12(14-6-8-16(21-2)9-7-14)19-17(20)11-13-4-3-5-15(18)10-13/h3-10,12H,11H2,1-2H3,(H,19,20)/t12-/m0/s1. The molecular weight excluding hydrogens is 330 g/mol. The van der Waals surface area contributed by atoms with E-state index in [4.69, 9.17) is 4.74 Å². The second-order valence-electron chi connectivity index (χ2n) is 4.87. The smallest absolute Gasteiger partial charge is 0.224 e. The number of benzene rings is 2. The van der Waals surface area contributed by atoms with Gasteiger partial charge in [-0.05, 0) is 42.3 Å². The summed E-state index contributed by atoms with van der Waals surface area (Å²) in [5.41, 5.74) is 2.04. The molecule has 2 aromatic rings. The number of carbonyl (C=O) groups excluding carboxylic acids is 1. The molecule has 1 amide bonds. The maximum atomic E-state index is 12.1. The molecule has 2 aromatic carbocycles. The normalized spacial score (nSPS) is 11.8. The monoisotopic (exact) mass is 347 g/mol. The highest BCUT2D eigenvalue weighted by Gasteiger charge is 2.10. The molecule has 21 heavy (non-hydrogen) atoms. The largest absolute Gasteiger partial charge is 0.497 e. The zero-order valence-electron chi connectivity index (χ0n) is 12.1. The molecule has 4 heteroatoms. The first-order chi connectivity index (χ1) is 10.1. The fourth-order valence-electron chi connectivity index (χ4n) is 2.10. The number of amides is 1. The maximum Gasteiger partial charge on any atom is 0.224 e. The topological polar surface area (TPSA) is 38.3 Å². The Balaban J connectivity index is 1.95. The van der Waals surface area contributed by atoms with Crippen molar-refractivity contribution >= 4 is 21.8 Å². The van der Waals surface area contributed by atoms with Gasteiger partial charge in [0, 0.05) is 4.47 Å². The second-order valence-corrected chi connectivity index (χ2v) is 5.78. The lowest BCUT2D eigenvalue weighted by Crippen LogP contribution is -2.28. The minimum Gasteiger partial charge on any atom is -0.497 e. The van der Waals surface area contributed by atoms with Gasteiger partial charge in [0.05, 0.1) is 19.6 Å². The van der Waals surface area contributed by atoms with E-state index in [-0.39, 0.29) is 11.9 Å². The van der Waals surface area contributed by atoms with Gasteiger partial charge in [0.2, 0.25) is 5.91 Å². The van der Waals surface area contributed by atoms with Crippen LogP contribution in [0.1, 0.15) is 24.1 Å². The fourth-order valence-corrected chi connectivity index (χ4v) is 2.55. The highest BCUT2D eigenvalue weighted by molar-refractivity contribution is 9.10. The van der Waals surface area contributed by atoms with Crippen LogP contribution in [0.3, 0.4) is 0 Å². The number of halogens is 1. The Morgan fingerprint density at radius 1 is 1.24 bits per heavy atom. The summed E-state index contributed by atoms with van der Waals surface area (Å²) < 4.78 is 6.11. The lowest BCUT2D eigenvalue weighted by molar-refractivity contribution is -0.121. The van der Waals surface area contributed by atoms with Crippen LogP contribution in [0.4, 0.5) is 0 Å². The molecule has 0 saturated carbocycles. The first-order valence-corrected chi connectivity index (χ1v) is 7.55. The van der Waals surface area contributed by atoms with E-state index in [0.717, 1.165) is 21.3 Å². The lowest BCUT2D eigenvalue weighted by atomic mass is 10.1. The Labute approximate surface area is 133 Å². The number of rotatable bonds is 5. The van der Waals surface area contributed by atoms with E-state index in [2.05, 4.69) is 21.2 Å². The van der Waals surface area contributed by atoms with E-state index in [9.17, 15) is 4.79 Å². The molecule has 1 N–H and O–H groups in total. The lowest BCUT2D eigenvalue weighted by Gasteiger charge is -2.15. The van der Waals surface area contributed by atoms with Crippen molar-refractivity contribution in [3.05, 3.63) is 64.1 Å². The van der Waals surface area contributed by atoms with Crippen molar-refractivity contribution < 1.29 is 9.53 Å². The Hall–Kier alpha value is -1.81. The average molecular weight is 348 g/mol. The maximum absolute atomic E-state index is 12.1. The van der Waals surface area contributed by atoms with Gasteiger partial charge in [0.1, 0.15) is 5.75 Å². The summed E-state index contributed by atoms with van der Waals surface area (Å²) in [5, 5.41) is 3.01. The zero-order chi connectivity index (χ0) is 15.2. The number of hydrogen-bond acceptors (Lipinski definition) is 2. The van der Waals surface area contributed by atoms with Crippen LogP contribution in [-0.2, 0) is 11.2 Å². The van der Waals surface area contributed by atoms with Gasteiger partial charge >= 0.3 is 0 Å². The van der Waals surface area contributed by atoms with Gasteiger partial charge in [-0.2, -0.15) is 0 Å². The van der Waals surface area contributed by atoms with Gasteiger partial charge in [-0.3, -0.25) is 4.79 Å². The molecule has 3 nitrogen and oxygen atoms in total. The van der Waals surface area contributed by atoms with Crippen LogP contribution in [0, 0.1) is 0 Å². The molecule has 2 rings (SSSR count). The molecule has 0 aliphatic heterocycles. The molecule has 0 unspecified atom stereocenters. The summed E-state index contributed by atoms with van der Waals surface area (Å²) >= 11 is 3.41. The predicted octanol–water partition coefficient (Wildman–Crippen LogP) is 3.88. The number of hydrogen-bond donors (Lipinski definition) is 1. The van der Waals surface area contributed by atoms with Gasteiger partial charge in [0.15, 0.2) is 0 Å². The number of ether oxygens (including phenoxy) is 1. The highest BCUT2D eigenvalue weighted by atomic mass is 79.9. The van der Waals surface area contributed by atoms with Gasteiger partial charge in [-0.15, -0.1) is 0 Å². The van der Waals surface area contributed by atoms with Crippen molar-refractivity contribution in [2.75, 3.05) is 7.11 Å². The van der Waals surface area contributed by atoms with E-state index in [0.29, 0.717) is 6.42 Å². The van der Waals surface area contributed by atoms with Crippen molar-refractivity contribution in [3.8, 4) is 5.75 Å². The molecular formula is C17H18BrNO2. The highest BCUT2D eigenvalue weighted by Crippen LogP contribution is 2.17. The van der Waals surface area contributed by atoms with E-state index >= 15 is 0 Å². The van der Waals surface area contributed by atoms with E-state index in [1.165, 1.54) is 0 Å². The Morgan fingerprint density at radius 2 is 1.95 bits per heavy atom. The summed E-state index contributed by atoms with van der Waals surface area (Å²) in [6.07, 6.45) is 0.375. The zero-order valence-corrected chi connectivity index (χ0v) is 13.7. The second kappa shape index (κ2) is 7.27. The van der Waals surface area contributed by atoms with E-state index < -0.39 is 0 Å². The summed E-state index contributed by atoms with van der Waals surface area (Å²) in [6, 6.07) is 15.5. The molecule has 0 spiro atoms. The summed E-state index contributed by atoms with van der Waals surface area (Å²) in [5.74, 6) is 0.822. The van der Waals surface area contributed by atoms with Crippen molar-refractivity contribution in [3.63, 3.8) is 0 Å². The third-order valence-corrected chi connectivity index (χ3v) is 3.74.